The second-order valence-corrected chi connectivity index (χ2v) is 3.24. The monoisotopic (exact) mass is 183 g/mol. The van der Waals surface area contributed by atoms with Gasteiger partial charge in [-0.1, -0.05) is 13.0 Å². The number of nitro groups is 1. The Kier molecular flexibility index (Phi) is 2.99. The molecule has 0 N–H and O–H groups in total. The van der Waals surface area contributed by atoms with Crippen molar-refractivity contribution in [1.82, 2.24) is 0 Å². The van der Waals surface area contributed by atoms with Crippen molar-refractivity contribution in [3.8, 4) is 0 Å². The number of hydrogen-bond acceptors (Lipinski definition) is 3. The molecule has 0 aliphatic heterocycles. The first kappa shape index (κ1) is 8.93. The lowest BCUT2D eigenvalue weighted by Gasteiger charge is -1.91. The average molecular weight is 183 g/mol. The molecule has 12 heavy (non-hydrogen) atoms. The fraction of sp³-hybridized carbons (Fsp3) is 0.250. The zero-order chi connectivity index (χ0) is 8.97. The van der Waals surface area contributed by atoms with E-state index in [4.69, 9.17) is 0 Å². The van der Waals surface area contributed by atoms with Gasteiger partial charge < -0.3 is 0 Å². The van der Waals surface area contributed by atoms with Crippen LogP contribution in [0, 0.1) is 10.1 Å². The topological polar surface area (TPSA) is 43.1 Å². The largest absolute Gasteiger partial charge is 0.259 e. The second kappa shape index (κ2) is 4.01. The minimum atomic E-state index is -0.334. The highest BCUT2D eigenvalue weighted by Gasteiger charge is 2.06. The molecule has 0 saturated carbocycles. The molecular formula is C8H9NO2S. The van der Waals surface area contributed by atoms with Crippen molar-refractivity contribution in [3.63, 3.8) is 0 Å². The zero-order valence-electron chi connectivity index (χ0n) is 6.69. The van der Waals surface area contributed by atoms with Crippen LogP contribution in [0.1, 0.15) is 18.2 Å². The van der Waals surface area contributed by atoms with Gasteiger partial charge in [0.05, 0.1) is 4.92 Å². The van der Waals surface area contributed by atoms with E-state index in [0.717, 1.165) is 4.88 Å². The van der Waals surface area contributed by atoms with Crippen LogP contribution in [-0.2, 0) is 0 Å². The second-order valence-electron chi connectivity index (χ2n) is 2.26. The summed E-state index contributed by atoms with van der Waals surface area (Å²) in [6.07, 6.45) is 2.08. The Morgan fingerprint density at radius 1 is 1.83 bits per heavy atom. The summed E-state index contributed by atoms with van der Waals surface area (Å²) >= 11 is 1.50. The van der Waals surface area contributed by atoms with E-state index in [0.29, 0.717) is 6.42 Å². The summed E-state index contributed by atoms with van der Waals surface area (Å²) in [5.74, 6) is 0. The Balaban J connectivity index is 2.85. The van der Waals surface area contributed by atoms with Gasteiger partial charge in [-0.3, -0.25) is 10.1 Å². The minimum Gasteiger partial charge on any atom is -0.259 e. The van der Waals surface area contributed by atoms with Gasteiger partial charge in [-0.2, -0.15) is 0 Å². The Hall–Kier alpha value is -1.16. The smallest absolute Gasteiger partial charge is 0.247 e. The molecule has 0 saturated heterocycles. The summed E-state index contributed by atoms with van der Waals surface area (Å²) in [6, 6.07) is 3.74. The molecule has 0 spiro atoms. The predicted octanol–water partition coefficient (Wildman–Crippen LogP) is 2.78. The molecule has 0 unspecified atom stereocenters. The summed E-state index contributed by atoms with van der Waals surface area (Å²) in [4.78, 5) is 11.0. The Morgan fingerprint density at radius 3 is 3.00 bits per heavy atom. The highest BCUT2D eigenvalue weighted by Crippen LogP contribution is 2.14. The van der Waals surface area contributed by atoms with Crippen molar-refractivity contribution < 1.29 is 4.92 Å². The molecule has 0 aliphatic rings. The molecule has 0 radical (unpaired) electrons. The first-order valence-electron chi connectivity index (χ1n) is 3.62. The van der Waals surface area contributed by atoms with Crippen LogP contribution < -0.4 is 0 Å². The van der Waals surface area contributed by atoms with Crippen LogP contribution in [0.15, 0.2) is 23.2 Å². The summed E-state index contributed by atoms with van der Waals surface area (Å²) in [5.41, 5.74) is 0.262. The van der Waals surface area contributed by atoms with Crippen molar-refractivity contribution >= 4 is 17.4 Å². The van der Waals surface area contributed by atoms with Gasteiger partial charge in [0, 0.05) is 17.4 Å². The summed E-state index contributed by atoms with van der Waals surface area (Å²) in [5, 5.41) is 12.3. The SMILES string of the molecule is CC/C(=C\c1cccs1)[N+](=O)[O-]. The third kappa shape index (κ3) is 2.17. The molecular weight excluding hydrogens is 174 g/mol. The van der Waals surface area contributed by atoms with E-state index in [1.54, 1.807) is 13.0 Å². The summed E-state index contributed by atoms with van der Waals surface area (Å²) < 4.78 is 0. The van der Waals surface area contributed by atoms with Gasteiger partial charge in [0.1, 0.15) is 0 Å². The number of allylic oxidation sites excluding steroid dienone is 1. The molecule has 0 fully saturated rings. The highest BCUT2D eigenvalue weighted by molar-refractivity contribution is 7.10. The van der Waals surface area contributed by atoms with Gasteiger partial charge in [-0.25, -0.2) is 0 Å². The standard InChI is InChI=1S/C8H9NO2S/c1-2-7(9(10)11)6-8-4-3-5-12-8/h3-6H,2H2,1H3/b7-6+. The van der Waals surface area contributed by atoms with Crippen LogP contribution in [0.4, 0.5) is 0 Å². The normalized spacial score (nSPS) is 11.6. The van der Waals surface area contributed by atoms with Crippen molar-refractivity contribution in [2.24, 2.45) is 0 Å². The van der Waals surface area contributed by atoms with Crippen LogP contribution in [0.25, 0.3) is 6.08 Å². The third-order valence-corrected chi connectivity index (χ3v) is 2.27. The summed E-state index contributed by atoms with van der Waals surface area (Å²) in [7, 11) is 0. The lowest BCUT2D eigenvalue weighted by molar-refractivity contribution is -0.425. The van der Waals surface area contributed by atoms with Crippen LogP contribution in [0.5, 0.6) is 0 Å². The van der Waals surface area contributed by atoms with Crippen LogP contribution in [0.2, 0.25) is 0 Å². The van der Waals surface area contributed by atoms with Crippen LogP contribution >= 0.6 is 11.3 Å². The highest BCUT2D eigenvalue weighted by atomic mass is 32.1. The van der Waals surface area contributed by atoms with Gasteiger partial charge in [-0.05, 0) is 11.4 Å². The zero-order valence-corrected chi connectivity index (χ0v) is 7.50. The molecule has 1 heterocycles. The molecule has 0 atom stereocenters. The maximum atomic E-state index is 10.4. The van der Waals surface area contributed by atoms with Gasteiger partial charge in [0.2, 0.25) is 5.70 Å². The maximum absolute atomic E-state index is 10.4. The molecule has 1 aromatic rings. The van der Waals surface area contributed by atoms with E-state index in [2.05, 4.69) is 0 Å². The molecule has 3 nitrogen and oxygen atoms in total. The first-order valence-corrected chi connectivity index (χ1v) is 4.50. The van der Waals surface area contributed by atoms with Gasteiger partial charge in [0.15, 0.2) is 0 Å². The molecule has 0 amide bonds. The Morgan fingerprint density at radius 2 is 2.58 bits per heavy atom. The van der Waals surface area contributed by atoms with Gasteiger partial charge >= 0.3 is 0 Å². The van der Waals surface area contributed by atoms with Crippen molar-refractivity contribution in [3.05, 3.63) is 38.2 Å². The van der Waals surface area contributed by atoms with Crippen LogP contribution in [0.3, 0.4) is 0 Å². The number of rotatable bonds is 3. The fourth-order valence-electron chi connectivity index (χ4n) is 0.821. The van der Waals surface area contributed by atoms with E-state index in [1.807, 2.05) is 17.5 Å². The van der Waals surface area contributed by atoms with E-state index >= 15 is 0 Å². The Labute approximate surface area is 74.5 Å². The molecule has 4 heteroatoms. The van der Waals surface area contributed by atoms with E-state index in [9.17, 15) is 10.1 Å². The van der Waals surface area contributed by atoms with E-state index in [1.165, 1.54) is 11.3 Å². The van der Waals surface area contributed by atoms with Crippen molar-refractivity contribution in [2.75, 3.05) is 0 Å². The summed E-state index contributed by atoms with van der Waals surface area (Å²) in [6.45, 7) is 1.78. The number of nitrogens with zero attached hydrogens (tertiary/aromatic N) is 1. The number of hydrogen-bond donors (Lipinski definition) is 0. The molecule has 1 aromatic heterocycles. The van der Waals surface area contributed by atoms with E-state index in [-0.39, 0.29) is 10.6 Å². The molecule has 0 aliphatic carbocycles. The molecule has 1 rings (SSSR count). The van der Waals surface area contributed by atoms with Gasteiger partial charge in [0.25, 0.3) is 0 Å². The maximum Gasteiger partial charge on any atom is 0.247 e. The predicted molar refractivity (Wildman–Crippen MR) is 49.6 cm³/mol. The van der Waals surface area contributed by atoms with Crippen LogP contribution in [-0.4, -0.2) is 4.92 Å². The average Bonchev–Trinajstić information content (AvgIpc) is 2.51. The van der Waals surface area contributed by atoms with Crippen molar-refractivity contribution in [1.29, 1.82) is 0 Å². The first-order chi connectivity index (χ1) is 5.74. The lowest BCUT2D eigenvalue weighted by Crippen LogP contribution is -1.95. The third-order valence-electron chi connectivity index (χ3n) is 1.45. The van der Waals surface area contributed by atoms with Gasteiger partial charge in [-0.15, -0.1) is 11.3 Å². The quantitative estimate of drug-likeness (QED) is 0.534. The fourth-order valence-corrected chi connectivity index (χ4v) is 1.50. The Bertz CT molecular complexity index is 290. The molecule has 0 bridgehead atoms. The minimum absolute atomic E-state index is 0.262. The molecule has 64 valence electrons. The lowest BCUT2D eigenvalue weighted by atomic mass is 10.3. The number of thiophene rings is 1. The van der Waals surface area contributed by atoms with Crippen molar-refractivity contribution in [2.45, 2.75) is 13.3 Å². The molecule has 0 aromatic carbocycles. The van der Waals surface area contributed by atoms with E-state index < -0.39 is 0 Å².